The van der Waals surface area contributed by atoms with Crippen LogP contribution in [0.1, 0.15) is 64.9 Å². The van der Waals surface area contributed by atoms with E-state index in [0.29, 0.717) is 12.1 Å². The standard InChI is InChI=1S/C26H28N4OS2/c31-26-24-21-11-10-18(13-22(21)33-25(24)28-16-30(26)20-8-4-5-9-20)27-14-19-15-32-23(29-19)12-17-6-2-1-3-7-17/h1-3,6-7,15-16,18,20,27H,4-5,8-14H2/t18-/m0/s1. The van der Waals surface area contributed by atoms with Crippen molar-refractivity contribution in [2.45, 2.75) is 70.0 Å². The number of benzene rings is 1. The summed E-state index contributed by atoms with van der Waals surface area (Å²) in [6.45, 7) is 0.795. The third-order valence-electron chi connectivity index (χ3n) is 7.08. The second kappa shape index (κ2) is 9.12. The van der Waals surface area contributed by atoms with E-state index in [2.05, 4.69) is 35.0 Å². The first kappa shape index (κ1) is 21.2. The second-order valence-corrected chi connectivity index (χ2v) is 11.3. The molecule has 1 fully saturated rings. The Balaban J connectivity index is 1.13. The van der Waals surface area contributed by atoms with Crippen molar-refractivity contribution >= 4 is 32.9 Å². The Labute approximate surface area is 201 Å². The molecule has 7 heteroatoms. The van der Waals surface area contributed by atoms with Gasteiger partial charge in [-0.15, -0.1) is 22.7 Å². The Morgan fingerprint density at radius 2 is 1.97 bits per heavy atom. The fraction of sp³-hybridized carbons (Fsp3) is 0.423. The largest absolute Gasteiger partial charge is 0.308 e. The number of rotatable bonds is 6. The maximum absolute atomic E-state index is 13.3. The molecule has 1 N–H and O–H groups in total. The lowest BCUT2D eigenvalue weighted by Crippen LogP contribution is -2.34. The van der Waals surface area contributed by atoms with Crippen LogP contribution >= 0.6 is 22.7 Å². The van der Waals surface area contributed by atoms with E-state index < -0.39 is 0 Å². The fourth-order valence-corrected chi connectivity index (χ4v) is 7.41. The van der Waals surface area contributed by atoms with E-state index in [9.17, 15) is 4.79 Å². The summed E-state index contributed by atoms with van der Waals surface area (Å²) < 4.78 is 1.92. The van der Waals surface area contributed by atoms with Crippen LogP contribution in [0.15, 0.2) is 46.8 Å². The van der Waals surface area contributed by atoms with Crippen LogP contribution in [0.3, 0.4) is 0 Å². The van der Waals surface area contributed by atoms with Gasteiger partial charge in [-0.25, -0.2) is 9.97 Å². The smallest absolute Gasteiger partial charge is 0.262 e. The lowest BCUT2D eigenvalue weighted by Gasteiger charge is -2.23. The first-order chi connectivity index (χ1) is 16.2. The summed E-state index contributed by atoms with van der Waals surface area (Å²) in [6.07, 6.45) is 10.3. The van der Waals surface area contributed by atoms with Gasteiger partial charge in [0.2, 0.25) is 0 Å². The Hall–Kier alpha value is -2.35. The van der Waals surface area contributed by atoms with Gasteiger partial charge in [0.1, 0.15) is 4.83 Å². The molecule has 5 nitrogen and oxygen atoms in total. The van der Waals surface area contributed by atoms with Gasteiger partial charge in [0, 0.05) is 35.3 Å². The number of nitrogens with zero attached hydrogens (tertiary/aromatic N) is 3. The van der Waals surface area contributed by atoms with E-state index in [-0.39, 0.29) is 5.56 Å². The van der Waals surface area contributed by atoms with Gasteiger partial charge in [-0.05, 0) is 43.2 Å². The monoisotopic (exact) mass is 476 g/mol. The summed E-state index contributed by atoms with van der Waals surface area (Å²) in [5.74, 6) is 0. The Morgan fingerprint density at radius 1 is 1.12 bits per heavy atom. The normalized spacial score (nSPS) is 18.7. The minimum absolute atomic E-state index is 0.184. The van der Waals surface area contributed by atoms with Crippen molar-refractivity contribution in [1.82, 2.24) is 19.9 Å². The van der Waals surface area contributed by atoms with E-state index in [1.54, 1.807) is 29.0 Å². The number of thiophene rings is 1. The molecule has 3 aromatic heterocycles. The third-order valence-corrected chi connectivity index (χ3v) is 9.14. The molecule has 1 aromatic carbocycles. The molecule has 6 rings (SSSR count). The minimum Gasteiger partial charge on any atom is -0.308 e. The number of aryl methyl sites for hydroxylation is 1. The predicted octanol–water partition coefficient (Wildman–Crippen LogP) is 5.27. The van der Waals surface area contributed by atoms with Crippen LogP contribution in [0.2, 0.25) is 0 Å². The molecule has 0 spiro atoms. The van der Waals surface area contributed by atoms with Crippen molar-refractivity contribution in [2.24, 2.45) is 0 Å². The number of thiazole rings is 1. The van der Waals surface area contributed by atoms with Crippen LogP contribution in [0.5, 0.6) is 0 Å². The SMILES string of the molecule is O=c1c2c3c(sc2ncn1C1CCCC1)C[C@@H](NCc1csc(Cc2ccccc2)n1)CC3. The van der Waals surface area contributed by atoms with Gasteiger partial charge in [-0.1, -0.05) is 43.2 Å². The van der Waals surface area contributed by atoms with Crippen LogP contribution < -0.4 is 10.9 Å². The van der Waals surface area contributed by atoms with Gasteiger partial charge >= 0.3 is 0 Å². The molecule has 0 bridgehead atoms. The number of aromatic nitrogens is 3. The molecule has 1 atom stereocenters. The zero-order valence-corrected chi connectivity index (χ0v) is 20.3. The van der Waals surface area contributed by atoms with Crippen LogP contribution in [0.4, 0.5) is 0 Å². The van der Waals surface area contributed by atoms with Crippen LogP contribution in [0.25, 0.3) is 10.2 Å². The zero-order chi connectivity index (χ0) is 22.2. The van der Waals surface area contributed by atoms with E-state index >= 15 is 0 Å². The summed E-state index contributed by atoms with van der Waals surface area (Å²) >= 11 is 3.46. The maximum atomic E-state index is 13.3. The number of hydrogen-bond donors (Lipinski definition) is 1. The summed E-state index contributed by atoms with van der Waals surface area (Å²) in [5, 5.41) is 7.95. The minimum atomic E-state index is 0.184. The van der Waals surface area contributed by atoms with Crippen LogP contribution in [-0.4, -0.2) is 20.6 Å². The van der Waals surface area contributed by atoms with Crippen molar-refractivity contribution in [3.63, 3.8) is 0 Å². The Kier molecular flexibility index (Phi) is 5.86. The molecule has 2 aliphatic rings. The summed E-state index contributed by atoms with van der Waals surface area (Å²) in [7, 11) is 0. The van der Waals surface area contributed by atoms with Gasteiger partial charge < -0.3 is 5.32 Å². The fourth-order valence-electron chi connectivity index (χ4n) is 5.33. The lowest BCUT2D eigenvalue weighted by molar-refractivity contribution is 0.459. The molecule has 33 heavy (non-hydrogen) atoms. The van der Waals surface area contributed by atoms with E-state index in [1.165, 1.54) is 28.8 Å². The van der Waals surface area contributed by atoms with Crippen molar-refractivity contribution in [3.8, 4) is 0 Å². The van der Waals surface area contributed by atoms with Gasteiger partial charge in [0.25, 0.3) is 5.56 Å². The Morgan fingerprint density at radius 3 is 2.82 bits per heavy atom. The highest BCUT2D eigenvalue weighted by Gasteiger charge is 2.27. The molecular weight excluding hydrogens is 448 g/mol. The molecule has 2 aliphatic carbocycles. The molecule has 0 radical (unpaired) electrons. The quantitative estimate of drug-likeness (QED) is 0.412. The van der Waals surface area contributed by atoms with Gasteiger partial charge in [0.15, 0.2) is 0 Å². The van der Waals surface area contributed by atoms with Crippen molar-refractivity contribution in [2.75, 3.05) is 0 Å². The molecule has 0 unspecified atom stereocenters. The average Bonchev–Trinajstić information content (AvgIpc) is 3.58. The van der Waals surface area contributed by atoms with Gasteiger partial charge in [-0.3, -0.25) is 9.36 Å². The summed E-state index contributed by atoms with van der Waals surface area (Å²) in [6, 6.07) is 11.3. The van der Waals surface area contributed by atoms with E-state index in [4.69, 9.17) is 9.97 Å². The maximum Gasteiger partial charge on any atom is 0.262 e. The van der Waals surface area contributed by atoms with Crippen molar-refractivity contribution in [3.05, 3.63) is 79.1 Å². The second-order valence-electron chi connectivity index (χ2n) is 9.29. The summed E-state index contributed by atoms with van der Waals surface area (Å²) in [4.78, 5) is 25.1. The molecule has 3 heterocycles. The highest BCUT2D eigenvalue weighted by molar-refractivity contribution is 7.18. The number of nitrogens with one attached hydrogen (secondary N) is 1. The van der Waals surface area contributed by atoms with Gasteiger partial charge in [0.05, 0.1) is 22.4 Å². The molecule has 0 saturated heterocycles. The highest BCUT2D eigenvalue weighted by Crippen LogP contribution is 2.35. The lowest BCUT2D eigenvalue weighted by atomic mass is 9.93. The molecular formula is C26H28N4OS2. The van der Waals surface area contributed by atoms with E-state index in [1.807, 2.05) is 10.6 Å². The number of hydrogen-bond acceptors (Lipinski definition) is 6. The molecule has 170 valence electrons. The zero-order valence-electron chi connectivity index (χ0n) is 18.6. The molecule has 0 amide bonds. The van der Waals surface area contributed by atoms with Gasteiger partial charge in [-0.2, -0.15) is 0 Å². The van der Waals surface area contributed by atoms with Crippen LogP contribution in [0, 0.1) is 0 Å². The first-order valence-corrected chi connectivity index (χ1v) is 13.7. The first-order valence-electron chi connectivity index (χ1n) is 12.0. The van der Waals surface area contributed by atoms with Crippen molar-refractivity contribution < 1.29 is 0 Å². The summed E-state index contributed by atoms with van der Waals surface area (Å²) in [5.41, 5.74) is 3.87. The molecule has 0 aliphatic heterocycles. The molecule has 4 aromatic rings. The van der Waals surface area contributed by atoms with Crippen molar-refractivity contribution in [1.29, 1.82) is 0 Å². The highest BCUT2D eigenvalue weighted by atomic mass is 32.1. The molecule has 1 saturated carbocycles. The third kappa shape index (κ3) is 4.29. The average molecular weight is 477 g/mol. The topological polar surface area (TPSA) is 59.8 Å². The predicted molar refractivity (Wildman–Crippen MR) is 135 cm³/mol. The van der Waals surface area contributed by atoms with E-state index in [0.717, 1.165) is 66.0 Å². The number of fused-ring (bicyclic) bond motifs is 3. The van der Waals surface area contributed by atoms with Crippen LogP contribution in [-0.2, 0) is 25.8 Å². The Bertz CT molecular complexity index is 1320.